The summed E-state index contributed by atoms with van der Waals surface area (Å²) < 4.78 is 8.54. The highest BCUT2D eigenvalue weighted by molar-refractivity contribution is 6.14. The van der Waals surface area contributed by atoms with Crippen molar-refractivity contribution >= 4 is 71.5 Å². The van der Waals surface area contributed by atoms with Crippen LogP contribution in [-0.4, -0.2) is 9.55 Å². The Hall–Kier alpha value is -6.65. The zero-order valence-corrected chi connectivity index (χ0v) is 26.5. The Kier molecular flexibility index (Phi) is 6.15. The lowest BCUT2D eigenvalue weighted by Gasteiger charge is -2.26. The van der Waals surface area contributed by atoms with Gasteiger partial charge >= 0.3 is 0 Å². The van der Waals surface area contributed by atoms with E-state index in [-0.39, 0.29) is 0 Å². The molecule has 49 heavy (non-hydrogen) atoms. The van der Waals surface area contributed by atoms with Crippen LogP contribution in [-0.2, 0) is 0 Å². The van der Waals surface area contributed by atoms with Crippen molar-refractivity contribution in [2.24, 2.45) is 0 Å². The fourth-order valence-electron chi connectivity index (χ4n) is 7.24. The van der Waals surface area contributed by atoms with Crippen molar-refractivity contribution in [2.75, 3.05) is 4.90 Å². The molecular formula is C45H29N3O. The number of hydrogen-bond acceptors (Lipinski definition) is 3. The number of benzene rings is 7. The maximum atomic E-state index is 6.15. The molecule has 0 fully saturated rings. The van der Waals surface area contributed by atoms with E-state index in [2.05, 4.69) is 166 Å². The molecule has 0 bridgehead atoms. The second kappa shape index (κ2) is 11.0. The minimum absolute atomic E-state index is 0.787. The van der Waals surface area contributed by atoms with Crippen molar-refractivity contribution in [1.29, 1.82) is 0 Å². The van der Waals surface area contributed by atoms with Gasteiger partial charge in [0, 0.05) is 51.3 Å². The van der Waals surface area contributed by atoms with Gasteiger partial charge in [-0.05, 0) is 113 Å². The topological polar surface area (TPSA) is 34.2 Å². The van der Waals surface area contributed by atoms with Gasteiger partial charge < -0.3 is 13.9 Å². The number of aromatic nitrogens is 2. The highest BCUT2D eigenvalue weighted by Gasteiger charge is 2.19. The first-order valence-corrected chi connectivity index (χ1v) is 16.5. The van der Waals surface area contributed by atoms with Gasteiger partial charge in [-0.15, -0.1) is 0 Å². The SMILES string of the molecule is c1ccc(-n2c3ccc(N(c4ccc(-c5cc6ncccc6o5)cc4)c4ccc5ccccc5c4)cc3c3cc4ccccc4cc32)cc1. The standard InChI is InChI=1S/C45H29N3O/c1-2-13-35(14-3-1)48-42-23-22-38(28-40(42)39-26-33-11-6-7-12-34(33)27-43(39)48)47(37-21-16-30-9-4-5-10-32(30)25-37)36-19-17-31(18-20-36)45-29-41-44(49-45)15-8-24-46-41/h1-29H. The van der Waals surface area contributed by atoms with Gasteiger partial charge in [0.25, 0.3) is 0 Å². The van der Waals surface area contributed by atoms with Gasteiger partial charge in [-0.25, -0.2) is 0 Å². The molecule has 3 heterocycles. The number of pyridine rings is 1. The van der Waals surface area contributed by atoms with Gasteiger partial charge in [0.15, 0.2) is 5.58 Å². The molecule has 230 valence electrons. The van der Waals surface area contributed by atoms with Crippen LogP contribution in [0.3, 0.4) is 0 Å². The number of furan rings is 1. The van der Waals surface area contributed by atoms with E-state index >= 15 is 0 Å². The van der Waals surface area contributed by atoms with Crippen molar-refractivity contribution in [1.82, 2.24) is 9.55 Å². The van der Waals surface area contributed by atoms with E-state index in [1.807, 2.05) is 18.2 Å². The maximum absolute atomic E-state index is 6.15. The molecule has 0 amide bonds. The number of anilines is 3. The molecule has 0 spiro atoms. The Balaban J connectivity index is 1.18. The summed E-state index contributed by atoms with van der Waals surface area (Å²) >= 11 is 0. The van der Waals surface area contributed by atoms with E-state index in [1.165, 1.54) is 43.4 Å². The molecular weight excluding hydrogens is 599 g/mol. The number of nitrogens with zero attached hydrogens (tertiary/aromatic N) is 3. The molecule has 0 atom stereocenters. The van der Waals surface area contributed by atoms with Gasteiger partial charge in [0.1, 0.15) is 11.3 Å². The van der Waals surface area contributed by atoms with E-state index in [1.54, 1.807) is 6.20 Å². The maximum Gasteiger partial charge on any atom is 0.153 e. The minimum atomic E-state index is 0.787. The lowest BCUT2D eigenvalue weighted by atomic mass is 10.0. The Morgan fingerprint density at radius 1 is 0.469 bits per heavy atom. The molecule has 0 N–H and O–H groups in total. The zero-order chi connectivity index (χ0) is 32.3. The number of rotatable bonds is 5. The third-order valence-electron chi connectivity index (χ3n) is 9.58. The van der Waals surface area contributed by atoms with E-state index in [9.17, 15) is 0 Å². The van der Waals surface area contributed by atoms with Gasteiger partial charge in [-0.2, -0.15) is 0 Å². The highest BCUT2D eigenvalue weighted by Crippen LogP contribution is 2.42. The second-order valence-corrected chi connectivity index (χ2v) is 12.5. The van der Waals surface area contributed by atoms with Crippen LogP contribution < -0.4 is 4.90 Å². The largest absolute Gasteiger partial charge is 0.454 e. The van der Waals surface area contributed by atoms with Gasteiger partial charge in [0.05, 0.1) is 11.0 Å². The van der Waals surface area contributed by atoms with Crippen LogP contribution in [0.4, 0.5) is 17.1 Å². The fraction of sp³-hybridized carbons (Fsp3) is 0. The Morgan fingerprint density at radius 3 is 1.92 bits per heavy atom. The van der Waals surface area contributed by atoms with Crippen LogP contribution in [0.5, 0.6) is 0 Å². The zero-order valence-electron chi connectivity index (χ0n) is 26.5. The number of para-hydroxylation sites is 1. The minimum Gasteiger partial charge on any atom is -0.454 e. The van der Waals surface area contributed by atoms with Gasteiger partial charge in [-0.1, -0.05) is 72.8 Å². The average Bonchev–Trinajstić information content (AvgIpc) is 3.74. The lowest BCUT2D eigenvalue weighted by Crippen LogP contribution is -2.10. The summed E-state index contributed by atoms with van der Waals surface area (Å²) in [4.78, 5) is 6.81. The molecule has 0 aliphatic rings. The smallest absolute Gasteiger partial charge is 0.153 e. The molecule has 10 rings (SSSR count). The number of hydrogen-bond donors (Lipinski definition) is 0. The summed E-state index contributed by atoms with van der Waals surface area (Å²) in [5, 5.41) is 7.31. The van der Waals surface area contributed by atoms with Crippen LogP contribution in [0.25, 0.3) is 71.5 Å². The van der Waals surface area contributed by atoms with Gasteiger partial charge in [0.2, 0.25) is 0 Å². The summed E-state index contributed by atoms with van der Waals surface area (Å²) in [6.07, 6.45) is 1.79. The summed E-state index contributed by atoms with van der Waals surface area (Å²) in [7, 11) is 0. The monoisotopic (exact) mass is 627 g/mol. The predicted molar refractivity (Wildman–Crippen MR) is 203 cm³/mol. The predicted octanol–water partition coefficient (Wildman–Crippen LogP) is 12.4. The molecule has 7 aromatic carbocycles. The fourth-order valence-corrected chi connectivity index (χ4v) is 7.24. The van der Waals surface area contributed by atoms with Crippen molar-refractivity contribution in [3.63, 3.8) is 0 Å². The first-order chi connectivity index (χ1) is 24.3. The summed E-state index contributed by atoms with van der Waals surface area (Å²) in [6.45, 7) is 0. The molecule has 0 aliphatic carbocycles. The van der Waals surface area contributed by atoms with Crippen molar-refractivity contribution in [2.45, 2.75) is 0 Å². The summed E-state index contributed by atoms with van der Waals surface area (Å²) in [5.41, 5.74) is 9.41. The molecule has 4 heteroatoms. The molecule has 0 saturated heterocycles. The van der Waals surface area contributed by atoms with Crippen molar-refractivity contribution in [3.05, 3.63) is 176 Å². The van der Waals surface area contributed by atoms with Crippen LogP contribution in [0.2, 0.25) is 0 Å². The Labute approximate surface area is 282 Å². The normalized spacial score (nSPS) is 11.7. The molecule has 0 unspecified atom stereocenters. The molecule has 0 aliphatic heterocycles. The summed E-state index contributed by atoms with van der Waals surface area (Å²) in [6, 6.07) is 60.5. The van der Waals surface area contributed by atoms with E-state index < -0.39 is 0 Å². The van der Waals surface area contributed by atoms with E-state index in [4.69, 9.17) is 4.42 Å². The molecule has 0 saturated carbocycles. The molecule has 10 aromatic rings. The molecule has 4 nitrogen and oxygen atoms in total. The van der Waals surface area contributed by atoms with Crippen LogP contribution >= 0.6 is 0 Å². The third kappa shape index (κ3) is 4.57. The highest BCUT2D eigenvalue weighted by atomic mass is 16.3. The van der Waals surface area contributed by atoms with Crippen molar-refractivity contribution < 1.29 is 4.42 Å². The first kappa shape index (κ1) is 27.5. The number of fused-ring (bicyclic) bond motifs is 6. The molecule has 0 radical (unpaired) electrons. The summed E-state index contributed by atoms with van der Waals surface area (Å²) in [5.74, 6) is 0.805. The van der Waals surface area contributed by atoms with E-state index in [0.717, 1.165) is 45.2 Å². The Bertz CT molecular complexity index is 2800. The average molecular weight is 628 g/mol. The lowest BCUT2D eigenvalue weighted by molar-refractivity contribution is 0.631. The van der Waals surface area contributed by atoms with Crippen molar-refractivity contribution in [3.8, 4) is 17.0 Å². The van der Waals surface area contributed by atoms with E-state index in [0.29, 0.717) is 0 Å². The van der Waals surface area contributed by atoms with Crippen LogP contribution in [0.1, 0.15) is 0 Å². The third-order valence-corrected chi connectivity index (χ3v) is 9.58. The van der Waals surface area contributed by atoms with Crippen LogP contribution in [0.15, 0.2) is 180 Å². The quantitative estimate of drug-likeness (QED) is 0.190. The van der Waals surface area contributed by atoms with Crippen LogP contribution in [0, 0.1) is 0 Å². The first-order valence-electron chi connectivity index (χ1n) is 16.5. The molecule has 3 aromatic heterocycles. The van der Waals surface area contributed by atoms with Gasteiger partial charge in [-0.3, -0.25) is 4.98 Å². The Morgan fingerprint density at radius 2 is 1.12 bits per heavy atom. The second-order valence-electron chi connectivity index (χ2n) is 12.5.